The second-order valence-electron chi connectivity index (χ2n) is 3.34. The van der Waals surface area contributed by atoms with E-state index < -0.39 is 12.0 Å². The van der Waals surface area contributed by atoms with Crippen LogP contribution in [0.4, 0.5) is 0 Å². The van der Waals surface area contributed by atoms with Gasteiger partial charge >= 0.3 is 5.97 Å². The molecule has 0 amide bonds. The Morgan fingerprint density at radius 1 is 1.62 bits per heavy atom. The van der Waals surface area contributed by atoms with Crippen molar-refractivity contribution in [2.45, 2.75) is 19.4 Å². The number of carbonyl (C=O) groups is 1. The smallest absolute Gasteiger partial charge is 0.323 e. The first-order valence-electron chi connectivity index (χ1n) is 4.94. The van der Waals surface area contributed by atoms with Crippen molar-refractivity contribution in [3.8, 4) is 5.75 Å². The lowest BCUT2D eigenvalue weighted by atomic mass is 10.1. The van der Waals surface area contributed by atoms with Crippen molar-refractivity contribution >= 4 is 17.6 Å². The summed E-state index contributed by atoms with van der Waals surface area (Å²) in [6, 6.07) is 3.81. The van der Waals surface area contributed by atoms with Crippen molar-refractivity contribution in [3.05, 3.63) is 28.8 Å². The van der Waals surface area contributed by atoms with Crippen LogP contribution in [0.1, 0.15) is 12.5 Å². The molecule has 1 aromatic carbocycles. The van der Waals surface area contributed by atoms with Crippen LogP contribution in [0.2, 0.25) is 5.02 Å². The van der Waals surface area contributed by atoms with Crippen molar-refractivity contribution in [2.24, 2.45) is 5.73 Å². The minimum absolute atomic E-state index is 0.0819. The van der Waals surface area contributed by atoms with Crippen LogP contribution in [0, 0.1) is 0 Å². The third-order valence-corrected chi connectivity index (χ3v) is 2.42. The highest BCUT2D eigenvalue weighted by atomic mass is 35.5. The van der Waals surface area contributed by atoms with E-state index in [1.54, 1.807) is 13.0 Å². The quantitative estimate of drug-likeness (QED) is 0.786. The van der Waals surface area contributed by atoms with Gasteiger partial charge in [0, 0.05) is 5.02 Å². The van der Waals surface area contributed by atoms with Crippen LogP contribution in [0.5, 0.6) is 5.75 Å². The highest BCUT2D eigenvalue weighted by Gasteiger charge is 2.16. The fraction of sp³-hybridized carbons (Fsp3) is 0.364. The Morgan fingerprint density at radius 3 is 2.88 bits per heavy atom. The lowest BCUT2D eigenvalue weighted by Crippen LogP contribution is -2.34. The van der Waals surface area contributed by atoms with E-state index in [1.807, 2.05) is 0 Å². The van der Waals surface area contributed by atoms with Crippen LogP contribution >= 0.6 is 11.6 Å². The molecule has 1 rings (SSSR count). The van der Waals surface area contributed by atoms with E-state index in [-0.39, 0.29) is 12.2 Å². The van der Waals surface area contributed by atoms with E-state index in [2.05, 4.69) is 0 Å². The van der Waals surface area contributed by atoms with Crippen molar-refractivity contribution < 1.29 is 14.6 Å². The average molecular weight is 244 g/mol. The summed E-state index contributed by atoms with van der Waals surface area (Å²) in [6.07, 6.45) is 0.290. The summed E-state index contributed by atoms with van der Waals surface area (Å²) in [5.41, 5.74) is 6.35. The molecule has 0 aromatic heterocycles. The Balaban J connectivity index is 2.69. The Labute approximate surface area is 99.0 Å². The number of halogens is 1. The molecule has 0 radical (unpaired) electrons. The summed E-state index contributed by atoms with van der Waals surface area (Å²) in [6.45, 7) is 2.02. The van der Waals surface area contributed by atoms with Crippen molar-refractivity contribution in [3.63, 3.8) is 0 Å². The Bertz CT molecular complexity index is 381. The molecule has 1 aromatic rings. The molecule has 88 valence electrons. The van der Waals surface area contributed by atoms with Crippen LogP contribution in [0.15, 0.2) is 18.2 Å². The van der Waals surface area contributed by atoms with Gasteiger partial charge in [0.1, 0.15) is 11.8 Å². The van der Waals surface area contributed by atoms with Crippen molar-refractivity contribution in [2.75, 3.05) is 6.61 Å². The third kappa shape index (κ3) is 3.40. The minimum Gasteiger partial charge on any atom is -0.508 e. The number of nitrogens with two attached hydrogens (primary N) is 1. The molecule has 0 saturated carbocycles. The zero-order valence-electron chi connectivity index (χ0n) is 8.94. The normalized spacial score (nSPS) is 12.2. The molecule has 0 aliphatic rings. The first-order valence-corrected chi connectivity index (χ1v) is 5.32. The molecule has 1 atom stereocenters. The van der Waals surface area contributed by atoms with Gasteiger partial charge in [-0.1, -0.05) is 17.7 Å². The number of hydrogen-bond donors (Lipinski definition) is 2. The van der Waals surface area contributed by atoms with Gasteiger partial charge in [0.15, 0.2) is 0 Å². The largest absolute Gasteiger partial charge is 0.508 e. The van der Waals surface area contributed by atoms with E-state index in [4.69, 9.17) is 27.2 Å². The maximum Gasteiger partial charge on any atom is 0.323 e. The number of hydrogen-bond acceptors (Lipinski definition) is 4. The molecule has 1 unspecified atom stereocenters. The number of esters is 1. The molecular weight excluding hydrogens is 230 g/mol. The monoisotopic (exact) mass is 243 g/mol. The number of rotatable bonds is 4. The zero-order valence-corrected chi connectivity index (χ0v) is 9.70. The van der Waals surface area contributed by atoms with Crippen LogP contribution < -0.4 is 5.73 Å². The first kappa shape index (κ1) is 12.8. The van der Waals surface area contributed by atoms with Gasteiger partial charge in [-0.2, -0.15) is 0 Å². The summed E-state index contributed by atoms with van der Waals surface area (Å²) in [5.74, 6) is -0.370. The average Bonchev–Trinajstić information content (AvgIpc) is 2.22. The maximum absolute atomic E-state index is 11.3. The first-order chi connectivity index (χ1) is 7.54. The topological polar surface area (TPSA) is 72.5 Å². The van der Waals surface area contributed by atoms with Gasteiger partial charge < -0.3 is 15.6 Å². The Hall–Kier alpha value is -1.26. The summed E-state index contributed by atoms with van der Waals surface area (Å²) in [7, 11) is 0. The number of ether oxygens (including phenoxy) is 1. The maximum atomic E-state index is 11.3. The van der Waals surface area contributed by atoms with Crippen molar-refractivity contribution in [1.29, 1.82) is 0 Å². The zero-order chi connectivity index (χ0) is 12.1. The van der Waals surface area contributed by atoms with Gasteiger partial charge in [0.05, 0.1) is 6.61 Å². The molecule has 0 heterocycles. The van der Waals surface area contributed by atoms with Crippen LogP contribution in [-0.4, -0.2) is 23.7 Å². The third-order valence-electron chi connectivity index (χ3n) is 2.07. The van der Waals surface area contributed by atoms with Gasteiger partial charge in [0.2, 0.25) is 0 Å². The molecule has 0 bridgehead atoms. The molecule has 16 heavy (non-hydrogen) atoms. The highest BCUT2D eigenvalue weighted by Crippen LogP contribution is 2.22. The highest BCUT2D eigenvalue weighted by molar-refractivity contribution is 6.31. The summed E-state index contributed by atoms with van der Waals surface area (Å²) >= 11 is 5.89. The molecule has 3 N–H and O–H groups in total. The standard InChI is InChI=1S/C11H14ClNO3/c1-2-16-11(15)10(13)5-7-3-4-8(14)6-9(7)12/h3-4,6,10,14H,2,5,13H2,1H3. The van der Waals surface area contributed by atoms with Crippen LogP contribution in [0.25, 0.3) is 0 Å². The second-order valence-corrected chi connectivity index (χ2v) is 3.75. The number of benzene rings is 1. The molecular formula is C11H14ClNO3. The lowest BCUT2D eigenvalue weighted by Gasteiger charge is -2.11. The number of phenols is 1. The summed E-state index contributed by atoms with van der Waals surface area (Å²) in [5, 5.41) is 9.55. The van der Waals surface area contributed by atoms with E-state index in [9.17, 15) is 4.79 Å². The van der Waals surface area contributed by atoms with Gasteiger partial charge in [-0.25, -0.2) is 0 Å². The predicted molar refractivity (Wildman–Crippen MR) is 61.4 cm³/mol. The molecule has 0 spiro atoms. The molecule has 0 aliphatic carbocycles. The number of carbonyl (C=O) groups excluding carboxylic acids is 1. The van der Waals surface area contributed by atoms with Crippen LogP contribution in [0.3, 0.4) is 0 Å². The van der Waals surface area contributed by atoms with E-state index in [1.165, 1.54) is 12.1 Å². The molecule has 0 saturated heterocycles. The van der Waals surface area contributed by atoms with E-state index in [0.29, 0.717) is 17.2 Å². The summed E-state index contributed by atoms with van der Waals surface area (Å²) < 4.78 is 4.78. The molecule has 4 nitrogen and oxygen atoms in total. The number of aromatic hydroxyl groups is 1. The SMILES string of the molecule is CCOC(=O)C(N)Cc1ccc(O)cc1Cl. The van der Waals surface area contributed by atoms with Gasteiger partial charge in [-0.05, 0) is 31.0 Å². The van der Waals surface area contributed by atoms with Gasteiger partial charge in [-0.15, -0.1) is 0 Å². The molecule has 5 heteroatoms. The van der Waals surface area contributed by atoms with Gasteiger partial charge in [0.25, 0.3) is 0 Å². The number of phenolic OH excluding ortho intramolecular Hbond substituents is 1. The van der Waals surface area contributed by atoms with E-state index in [0.717, 1.165) is 0 Å². The fourth-order valence-electron chi connectivity index (χ4n) is 1.27. The fourth-order valence-corrected chi connectivity index (χ4v) is 1.52. The lowest BCUT2D eigenvalue weighted by molar-refractivity contribution is -0.144. The van der Waals surface area contributed by atoms with E-state index >= 15 is 0 Å². The summed E-state index contributed by atoms with van der Waals surface area (Å²) in [4.78, 5) is 11.3. The molecule has 0 fully saturated rings. The van der Waals surface area contributed by atoms with Gasteiger partial charge in [-0.3, -0.25) is 4.79 Å². The Morgan fingerprint density at radius 2 is 2.31 bits per heavy atom. The Kier molecular flexibility index (Phi) is 4.58. The second kappa shape index (κ2) is 5.72. The predicted octanol–water partition coefficient (Wildman–Crippen LogP) is 1.48. The molecule has 0 aliphatic heterocycles. The van der Waals surface area contributed by atoms with Crippen molar-refractivity contribution in [1.82, 2.24) is 0 Å². The van der Waals surface area contributed by atoms with Crippen LogP contribution in [-0.2, 0) is 16.0 Å². The minimum atomic E-state index is -0.734.